The number of rotatable bonds is 6. The Bertz CT molecular complexity index is 891. The van der Waals surface area contributed by atoms with Gasteiger partial charge in [-0.2, -0.15) is 0 Å². The van der Waals surface area contributed by atoms with Crippen LogP contribution >= 0.6 is 0 Å². The van der Waals surface area contributed by atoms with Crippen LogP contribution in [0.5, 0.6) is 5.75 Å². The molecule has 8 nitrogen and oxygen atoms in total. The van der Waals surface area contributed by atoms with Crippen LogP contribution < -0.4 is 10.1 Å². The van der Waals surface area contributed by atoms with Gasteiger partial charge in [0.1, 0.15) is 11.4 Å². The van der Waals surface area contributed by atoms with Crippen LogP contribution in [-0.4, -0.2) is 55.5 Å². The summed E-state index contributed by atoms with van der Waals surface area (Å²) in [6.45, 7) is 8.06. The maximum atomic E-state index is 12.8. The summed E-state index contributed by atoms with van der Waals surface area (Å²) in [6, 6.07) is 6.43. The molecule has 0 radical (unpaired) electrons. The molecule has 0 saturated carbocycles. The van der Waals surface area contributed by atoms with Gasteiger partial charge in [-0.1, -0.05) is 12.1 Å². The third-order valence-electron chi connectivity index (χ3n) is 5.05. The van der Waals surface area contributed by atoms with Crippen LogP contribution in [0.4, 0.5) is 4.79 Å². The second-order valence-corrected chi connectivity index (χ2v) is 12.7. The highest BCUT2D eigenvalue weighted by atomic mass is 28.4. The highest BCUT2D eigenvalue weighted by Crippen LogP contribution is 2.48. The van der Waals surface area contributed by atoms with Crippen molar-refractivity contribution in [2.24, 2.45) is 5.92 Å². The zero-order chi connectivity index (χ0) is 21.5. The standard InChI is InChI=1S/C20H26N2O6Si/c1-11(28-29(3,4)5)16-15-10-14(17(19(24)25)22(15)18(16)23)12-7-6-8-13(9-12)27-20(26)21-2/h6-9,11,15-16H,10H2,1-5H3,(H,21,26)(H,24,25)/t11-,15-,16-/m1/s1. The van der Waals surface area contributed by atoms with E-state index in [0.29, 0.717) is 23.3 Å². The molecule has 0 aromatic heterocycles. The van der Waals surface area contributed by atoms with Crippen molar-refractivity contribution < 1.29 is 28.7 Å². The number of nitrogens with zero attached hydrogens (tertiary/aromatic N) is 1. The van der Waals surface area contributed by atoms with E-state index in [2.05, 4.69) is 25.0 Å². The van der Waals surface area contributed by atoms with Crippen molar-refractivity contribution in [2.75, 3.05) is 7.05 Å². The zero-order valence-electron chi connectivity index (χ0n) is 17.2. The normalized spacial score (nSPS) is 22.1. The minimum absolute atomic E-state index is 0.00598. The van der Waals surface area contributed by atoms with Gasteiger partial charge in [0.2, 0.25) is 5.91 Å². The number of benzene rings is 1. The first-order valence-electron chi connectivity index (χ1n) is 9.51. The highest BCUT2D eigenvalue weighted by Gasteiger charge is 2.57. The van der Waals surface area contributed by atoms with E-state index in [1.165, 1.54) is 11.9 Å². The van der Waals surface area contributed by atoms with Gasteiger partial charge in [-0.25, -0.2) is 9.59 Å². The number of aliphatic carboxylic acids is 1. The quantitative estimate of drug-likeness (QED) is 0.544. The van der Waals surface area contributed by atoms with Crippen molar-refractivity contribution in [3.8, 4) is 5.75 Å². The number of carbonyl (C=O) groups excluding carboxylic acids is 2. The summed E-state index contributed by atoms with van der Waals surface area (Å²) in [5.41, 5.74) is 1.16. The molecule has 0 aliphatic carbocycles. The zero-order valence-corrected chi connectivity index (χ0v) is 18.2. The first kappa shape index (κ1) is 21.1. The Morgan fingerprint density at radius 2 is 2.00 bits per heavy atom. The third-order valence-corrected chi connectivity index (χ3v) is 6.13. The second kappa shape index (κ2) is 7.64. The molecule has 0 bridgehead atoms. The van der Waals surface area contributed by atoms with E-state index in [0.717, 1.165) is 0 Å². The fourth-order valence-corrected chi connectivity index (χ4v) is 5.31. The number of β-lactam (4-membered cyclic amide) rings is 1. The van der Waals surface area contributed by atoms with Gasteiger partial charge in [0.25, 0.3) is 0 Å². The van der Waals surface area contributed by atoms with Crippen LogP contribution in [0.3, 0.4) is 0 Å². The number of hydrogen-bond acceptors (Lipinski definition) is 5. The Labute approximate surface area is 170 Å². The van der Waals surface area contributed by atoms with Gasteiger partial charge in [0.15, 0.2) is 8.32 Å². The minimum atomic E-state index is -1.84. The van der Waals surface area contributed by atoms with Crippen molar-refractivity contribution in [1.82, 2.24) is 10.2 Å². The lowest BCUT2D eigenvalue weighted by Crippen LogP contribution is -2.63. The van der Waals surface area contributed by atoms with E-state index in [1.807, 2.05) is 6.92 Å². The Morgan fingerprint density at radius 1 is 1.31 bits per heavy atom. The first-order chi connectivity index (χ1) is 13.5. The Balaban J connectivity index is 1.89. The monoisotopic (exact) mass is 418 g/mol. The Hall–Kier alpha value is -2.65. The molecule has 1 fully saturated rings. The molecule has 1 aromatic rings. The van der Waals surface area contributed by atoms with E-state index in [-0.39, 0.29) is 29.7 Å². The molecule has 2 aliphatic rings. The average Bonchev–Trinajstić information content (AvgIpc) is 2.95. The molecule has 0 unspecified atom stereocenters. The van der Waals surface area contributed by atoms with Crippen LogP contribution in [0.2, 0.25) is 19.6 Å². The summed E-state index contributed by atoms with van der Waals surface area (Å²) < 4.78 is 11.2. The summed E-state index contributed by atoms with van der Waals surface area (Å²) in [5, 5.41) is 12.1. The number of carboxylic acids is 1. The van der Waals surface area contributed by atoms with Crippen LogP contribution in [0.1, 0.15) is 18.9 Å². The summed E-state index contributed by atoms with van der Waals surface area (Å²) in [6.07, 6.45) is -0.467. The second-order valence-electron chi connectivity index (χ2n) is 8.24. The van der Waals surface area contributed by atoms with Crippen molar-refractivity contribution >= 4 is 31.9 Å². The summed E-state index contributed by atoms with van der Waals surface area (Å²) >= 11 is 0. The molecule has 0 spiro atoms. The molecular weight excluding hydrogens is 392 g/mol. The number of carboxylic acid groups (broad SMARTS) is 1. The number of ether oxygens (including phenoxy) is 1. The SMILES string of the molecule is CNC(=O)Oc1cccc(C2=C(C(=O)O)N3C(=O)[C@H]([C@@H](C)O[Si](C)(C)C)[C@H]3C2)c1. The maximum Gasteiger partial charge on any atom is 0.412 e. The molecule has 1 saturated heterocycles. The maximum absolute atomic E-state index is 12.8. The van der Waals surface area contributed by atoms with Crippen molar-refractivity contribution in [3.63, 3.8) is 0 Å². The predicted molar refractivity (Wildman–Crippen MR) is 109 cm³/mol. The van der Waals surface area contributed by atoms with E-state index < -0.39 is 20.4 Å². The molecule has 2 aliphatic heterocycles. The Kier molecular flexibility index (Phi) is 5.55. The van der Waals surface area contributed by atoms with Crippen LogP contribution in [0, 0.1) is 5.92 Å². The summed E-state index contributed by atoms with van der Waals surface area (Å²) in [4.78, 5) is 37.6. The molecule has 156 valence electrons. The van der Waals surface area contributed by atoms with E-state index in [4.69, 9.17) is 9.16 Å². The highest BCUT2D eigenvalue weighted by molar-refractivity contribution is 6.69. The van der Waals surface area contributed by atoms with Crippen molar-refractivity contribution in [3.05, 3.63) is 35.5 Å². The molecule has 1 aromatic carbocycles. The predicted octanol–water partition coefficient (Wildman–Crippen LogP) is 2.67. The fraction of sp³-hybridized carbons (Fsp3) is 0.450. The smallest absolute Gasteiger partial charge is 0.412 e. The first-order valence-corrected chi connectivity index (χ1v) is 12.9. The fourth-order valence-electron chi connectivity index (χ4n) is 4.05. The summed E-state index contributed by atoms with van der Waals surface area (Å²) in [5.74, 6) is -1.43. The molecular formula is C20H26N2O6Si. The molecule has 2 amide bonds. The number of carbonyl (C=O) groups is 3. The van der Waals surface area contributed by atoms with Gasteiger partial charge in [-0.05, 0) is 56.3 Å². The molecule has 3 rings (SSSR count). The number of fused-ring (bicyclic) bond motifs is 1. The van der Waals surface area contributed by atoms with Crippen LogP contribution in [0.25, 0.3) is 5.57 Å². The topological polar surface area (TPSA) is 105 Å². The molecule has 9 heteroatoms. The van der Waals surface area contributed by atoms with E-state index >= 15 is 0 Å². The van der Waals surface area contributed by atoms with Gasteiger partial charge in [0, 0.05) is 7.05 Å². The lowest BCUT2D eigenvalue weighted by molar-refractivity contribution is -0.160. The number of hydrogen-bond donors (Lipinski definition) is 2. The number of amides is 2. The van der Waals surface area contributed by atoms with Gasteiger partial charge >= 0.3 is 12.1 Å². The van der Waals surface area contributed by atoms with Crippen LogP contribution in [-0.2, 0) is 14.0 Å². The Morgan fingerprint density at radius 3 is 2.59 bits per heavy atom. The van der Waals surface area contributed by atoms with Crippen LogP contribution in [0.15, 0.2) is 30.0 Å². The van der Waals surface area contributed by atoms with Gasteiger partial charge in [-0.15, -0.1) is 0 Å². The lowest BCUT2D eigenvalue weighted by Gasteiger charge is -2.47. The van der Waals surface area contributed by atoms with Gasteiger partial charge in [-0.3, -0.25) is 4.79 Å². The molecule has 2 N–H and O–H groups in total. The van der Waals surface area contributed by atoms with Crippen molar-refractivity contribution in [2.45, 2.75) is 45.1 Å². The van der Waals surface area contributed by atoms with E-state index in [1.54, 1.807) is 24.3 Å². The van der Waals surface area contributed by atoms with Gasteiger partial charge < -0.3 is 24.5 Å². The van der Waals surface area contributed by atoms with Crippen molar-refractivity contribution in [1.29, 1.82) is 0 Å². The van der Waals surface area contributed by atoms with E-state index in [9.17, 15) is 19.5 Å². The lowest BCUT2D eigenvalue weighted by atomic mass is 9.82. The minimum Gasteiger partial charge on any atom is -0.477 e. The average molecular weight is 419 g/mol. The number of nitrogens with one attached hydrogen (secondary N) is 1. The molecule has 29 heavy (non-hydrogen) atoms. The summed E-state index contributed by atoms with van der Waals surface area (Å²) in [7, 11) is -0.388. The molecule has 3 atom stereocenters. The largest absolute Gasteiger partial charge is 0.477 e. The van der Waals surface area contributed by atoms with Gasteiger partial charge in [0.05, 0.1) is 18.1 Å². The third kappa shape index (κ3) is 4.06. The molecule has 2 heterocycles.